The van der Waals surface area contributed by atoms with Gasteiger partial charge >= 0.3 is 0 Å². The Labute approximate surface area is 156 Å². The zero-order valence-electron chi connectivity index (χ0n) is 14.2. The Kier molecular flexibility index (Phi) is 4.79. The molecule has 1 atom stereocenters. The highest BCUT2D eigenvalue weighted by Gasteiger charge is 2.30. The normalized spacial score (nSPS) is 17.7. The third-order valence-corrected chi connectivity index (χ3v) is 5.31. The zero-order chi connectivity index (χ0) is 18.1. The van der Waals surface area contributed by atoms with Crippen LogP contribution >= 0.6 is 11.6 Å². The van der Waals surface area contributed by atoms with Gasteiger partial charge in [0, 0.05) is 42.1 Å². The molecular formula is C21H19ClF2N2. The molecule has 2 heterocycles. The van der Waals surface area contributed by atoms with Crippen molar-refractivity contribution in [3.8, 4) is 0 Å². The van der Waals surface area contributed by atoms with E-state index < -0.39 is 11.6 Å². The fourth-order valence-electron chi connectivity index (χ4n) is 3.74. The second-order valence-electron chi connectivity index (χ2n) is 6.61. The van der Waals surface area contributed by atoms with Gasteiger partial charge in [-0.1, -0.05) is 29.8 Å². The Morgan fingerprint density at radius 3 is 2.69 bits per heavy atom. The van der Waals surface area contributed by atoms with Crippen molar-refractivity contribution in [3.05, 3.63) is 94.3 Å². The Morgan fingerprint density at radius 2 is 1.85 bits per heavy atom. The lowest BCUT2D eigenvalue weighted by Gasteiger charge is -2.31. The molecule has 3 aromatic rings. The van der Waals surface area contributed by atoms with Crippen LogP contribution in [0.1, 0.15) is 29.3 Å². The van der Waals surface area contributed by atoms with Crippen molar-refractivity contribution in [1.82, 2.24) is 9.47 Å². The van der Waals surface area contributed by atoms with E-state index in [-0.39, 0.29) is 6.04 Å². The summed E-state index contributed by atoms with van der Waals surface area (Å²) in [5.41, 5.74) is 2.31. The molecule has 0 saturated heterocycles. The molecule has 1 unspecified atom stereocenters. The summed E-state index contributed by atoms with van der Waals surface area (Å²) in [7, 11) is 0. The maximum Gasteiger partial charge on any atom is 0.128 e. The van der Waals surface area contributed by atoms with E-state index in [1.165, 1.54) is 12.1 Å². The van der Waals surface area contributed by atoms with E-state index in [1.807, 2.05) is 42.6 Å². The van der Waals surface area contributed by atoms with Crippen molar-refractivity contribution in [1.29, 1.82) is 0 Å². The van der Waals surface area contributed by atoms with E-state index in [1.54, 1.807) is 0 Å². The van der Waals surface area contributed by atoms with Crippen LogP contribution in [0.5, 0.6) is 0 Å². The molecule has 2 aromatic carbocycles. The van der Waals surface area contributed by atoms with Crippen LogP contribution < -0.4 is 0 Å². The number of benzene rings is 2. The molecule has 2 nitrogen and oxygen atoms in total. The lowest BCUT2D eigenvalue weighted by atomic mass is 10.00. The van der Waals surface area contributed by atoms with Crippen molar-refractivity contribution in [2.45, 2.75) is 25.6 Å². The minimum atomic E-state index is -0.429. The van der Waals surface area contributed by atoms with Crippen LogP contribution in [-0.4, -0.2) is 16.0 Å². The van der Waals surface area contributed by atoms with E-state index in [0.717, 1.165) is 36.8 Å². The predicted octanol–water partition coefficient (Wildman–Crippen LogP) is 5.42. The molecule has 0 spiro atoms. The molecule has 0 N–H and O–H groups in total. The molecule has 1 aliphatic rings. The average molecular weight is 373 g/mol. The maximum absolute atomic E-state index is 14.6. The second-order valence-corrected chi connectivity index (χ2v) is 7.02. The summed E-state index contributed by atoms with van der Waals surface area (Å²) in [4.78, 5) is 2.18. The predicted molar refractivity (Wildman–Crippen MR) is 99.1 cm³/mol. The Balaban J connectivity index is 1.81. The number of halogens is 3. The van der Waals surface area contributed by atoms with Gasteiger partial charge in [0.2, 0.25) is 0 Å². The van der Waals surface area contributed by atoms with Gasteiger partial charge in [-0.15, -0.1) is 0 Å². The average Bonchev–Trinajstić information content (AvgIpc) is 3.01. The second kappa shape index (κ2) is 7.22. The molecule has 0 fully saturated rings. The van der Waals surface area contributed by atoms with Gasteiger partial charge in [-0.2, -0.15) is 0 Å². The molecule has 134 valence electrons. The number of hydrogen-bond donors (Lipinski definition) is 0. The summed E-state index contributed by atoms with van der Waals surface area (Å²) in [5.74, 6) is -0.823. The lowest BCUT2D eigenvalue weighted by molar-refractivity contribution is 0.216. The van der Waals surface area contributed by atoms with Crippen molar-refractivity contribution in [2.75, 3.05) is 6.54 Å². The molecule has 0 bridgehead atoms. The van der Waals surface area contributed by atoms with Crippen LogP contribution in [-0.2, 0) is 13.1 Å². The topological polar surface area (TPSA) is 8.17 Å². The molecular weight excluding hydrogens is 354 g/mol. The summed E-state index contributed by atoms with van der Waals surface area (Å²) in [6.45, 7) is 2.20. The summed E-state index contributed by atoms with van der Waals surface area (Å²) in [6.07, 6.45) is 2.93. The van der Waals surface area contributed by atoms with Crippen LogP contribution in [0, 0.1) is 11.6 Å². The Bertz CT molecular complexity index is 922. The van der Waals surface area contributed by atoms with E-state index in [2.05, 4.69) is 9.47 Å². The van der Waals surface area contributed by atoms with Gasteiger partial charge in [0.05, 0.1) is 6.04 Å². The number of fused-ring (bicyclic) bond motifs is 1. The quantitative estimate of drug-likeness (QED) is 0.596. The van der Waals surface area contributed by atoms with Crippen molar-refractivity contribution < 1.29 is 8.78 Å². The zero-order valence-corrected chi connectivity index (χ0v) is 15.0. The molecule has 0 radical (unpaired) electrons. The molecule has 0 saturated carbocycles. The monoisotopic (exact) mass is 372 g/mol. The first-order chi connectivity index (χ1) is 12.6. The first-order valence-corrected chi connectivity index (χ1v) is 9.09. The Hall–Kier alpha value is -2.17. The number of aromatic nitrogens is 1. The maximum atomic E-state index is 14.6. The van der Waals surface area contributed by atoms with Crippen LogP contribution in [0.4, 0.5) is 8.78 Å². The third-order valence-electron chi connectivity index (χ3n) is 4.94. The van der Waals surface area contributed by atoms with Crippen molar-refractivity contribution in [2.24, 2.45) is 0 Å². The molecule has 0 aliphatic carbocycles. The fourth-order valence-corrected chi connectivity index (χ4v) is 3.93. The molecule has 1 aliphatic heterocycles. The highest BCUT2D eigenvalue weighted by molar-refractivity contribution is 6.31. The first-order valence-electron chi connectivity index (χ1n) is 8.71. The van der Waals surface area contributed by atoms with Crippen LogP contribution in [0.25, 0.3) is 0 Å². The Morgan fingerprint density at radius 1 is 1.00 bits per heavy atom. The van der Waals surface area contributed by atoms with Crippen LogP contribution in [0.15, 0.2) is 60.8 Å². The first kappa shape index (κ1) is 17.3. The van der Waals surface area contributed by atoms with Gasteiger partial charge < -0.3 is 4.57 Å². The number of nitrogens with zero attached hydrogens (tertiary/aromatic N) is 2. The number of hydrogen-bond acceptors (Lipinski definition) is 1. The summed E-state index contributed by atoms with van der Waals surface area (Å²) < 4.78 is 30.7. The van der Waals surface area contributed by atoms with Crippen molar-refractivity contribution >= 4 is 11.6 Å². The molecule has 1 aromatic heterocycles. The van der Waals surface area contributed by atoms with Gasteiger partial charge in [-0.3, -0.25) is 4.90 Å². The number of aryl methyl sites for hydroxylation is 1. The van der Waals surface area contributed by atoms with E-state index >= 15 is 0 Å². The van der Waals surface area contributed by atoms with E-state index in [9.17, 15) is 8.78 Å². The highest BCUT2D eigenvalue weighted by atomic mass is 35.5. The summed E-state index contributed by atoms with van der Waals surface area (Å²) in [6, 6.07) is 14.9. The summed E-state index contributed by atoms with van der Waals surface area (Å²) >= 11 is 6.35. The highest BCUT2D eigenvalue weighted by Crippen LogP contribution is 2.35. The standard InChI is InChI=1S/C21H19ClF2N2/c22-18-6-2-1-5-15(18)14-26-12-4-11-25-10-3-7-20(25)21(26)17-13-16(23)8-9-19(17)24/h1-3,5-10,13,21H,4,11-12,14H2. The van der Waals surface area contributed by atoms with Gasteiger partial charge in [0.25, 0.3) is 0 Å². The van der Waals surface area contributed by atoms with Gasteiger partial charge in [0.15, 0.2) is 0 Å². The van der Waals surface area contributed by atoms with Gasteiger partial charge in [-0.05, 0) is 48.4 Å². The van der Waals surface area contributed by atoms with E-state index in [4.69, 9.17) is 11.6 Å². The van der Waals surface area contributed by atoms with Crippen molar-refractivity contribution in [3.63, 3.8) is 0 Å². The molecule has 26 heavy (non-hydrogen) atoms. The SMILES string of the molecule is Fc1ccc(F)c(C2c3cccn3CCCN2Cc2ccccc2Cl)c1. The minimum absolute atomic E-state index is 0.360. The van der Waals surface area contributed by atoms with Crippen LogP contribution in [0.2, 0.25) is 5.02 Å². The smallest absolute Gasteiger partial charge is 0.128 e. The van der Waals surface area contributed by atoms with Gasteiger partial charge in [-0.25, -0.2) is 8.78 Å². The number of rotatable bonds is 3. The molecule has 4 rings (SSSR count). The molecule has 0 amide bonds. The summed E-state index contributed by atoms with van der Waals surface area (Å²) in [5, 5.41) is 0.686. The third kappa shape index (κ3) is 3.27. The largest absolute Gasteiger partial charge is 0.350 e. The van der Waals surface area contributed by atoms with Gasteiger partial charge in [0.1, 0.15) is 11.6 Å². The van der Waals surface area contributed by atoms with Crippen LogP contribution in [0.3, 0.4) is 0 Å². The lowest BCUT2D eigenvalue weighted by Crippen LogP contribution is -2.30. The minimum Gasteiger partial charge on any atom is -0.350 e. The molecule has 5 heteroatoms. The fraction of sp³-hybridized carbons (Fsp3) is 0.238. The van der Waals surface area contributed by atoms with E-state index in [0.29, 0.717) is 17.1 Å².